The summed E-state index contributed by atoms with van der Waals surface area (Å²) < 4.78 is 6.59. The highest BCUT2D eigenvalue weighted by atomic mass is 79.9. The lowest BCUT2D eigenvalue weighted by Crippen LogP contribution is -1.95. The van der Waals surface area contributed by atoms with Crippen LogP contribution in [0.25, 0.3) is 0 Å². The van der Waals surface area contributed by atoms with E-state index in [1.165, 1.54) is 6.07 Å². The van der Waals surface area contributed by atoms with Gasteiger partial charge in [-0.3, -0.25) is 10.1 Å². The molecule has 0 spiro atoms. The Kier molecular flexibility index (Phi) is 4.77. The monoisotopic (exact) mass is 399 g/mol. The summed E-state index contributed by atoms with van der Waals surface area (Å²) in [6, 6.07) is 10.4. The average Bonchev–Trinajstić information content (AvgIpc) is 2.43. The van der Waals surface area contributed by atoms with E-state index in [9.17, 15) is 10.1 Å². The fraction of sp³-hybridized carbons (Fsp3) is 0.143. The van der Waals surface area contributed by atoms with Crippen LogP contribution in [0.5, 0.6) is 11.5 Å². The Bertz CT molecular complexity index is 659. The van der Waals surface area contributed by atoms with Crippen molar-refractivity contribution in [1.82, 2.24) is 0 Å². The summed E-state index contributed by atoms with van der Waals surface area (Å²) in [4.78, 5) is 10.7. The van der Waals surface area contributed by atoms with E-state index in [4.69, 9.17) is 4.74 Å². The Morgan fingerprint density at radius 1 is 1.25 bits per heavy atom. The number of ether oxygens (including phenoxy) is 1. The Hall–Kier alpha value is -1.40. The van der Waals surface area contributed by atoms with Crippen molar-refractivity contribution >= 4 is 37.5 Å². The summed E-state index contributed by atoms with van der Waals surface area (Å²) in [6.45, 7) is 1.93. The minimum Gasteiger partial charge on any atom is -0.450 e. The van der Waals surface area contributed by atoms with Gasteiger partial charge in [-0.15, -0.1) is 0 Å². The Morgan fingerprint density at radius 2 is 2.00 bits per heavy atom. The molecule has 104 valence electrons. The molecule has 0 saturated carbocycles. The van der Waals surface area contributed by atoms with E-state index in [-0.39, 0.29) is 11.4 Å². The molecule has 0 bridgehead atoms. The van der Waals surface area contributed by atoms with Gasteiger partial charge in [-0.1, -0.05) is 37.9 Å². The van der Waals surface area contributed by atoms with Gasteiger partial charge in [0.15, 0.2) is 0 Å². The number of nitro benzene ring substituents is 1. The molecule has 4 nitrogen and oxygen atoms in total. The Labute approximate surface area is 133 Å². The molecular weight excluding hydrogens is 390 g/mol. The molecule has 2 aromatic carbocycles. The molecular formula is C14H11Br2NO3. The normalized spacial score (nSPS) is 10.3. The van der Waals surface area contributed by atoms with Crippen molar-refractivity contribution in [3.8, 4) is 11.5 Å². The van der Waals surface area contributed by atoms with Crippen LogP contribution in [0.4, 0.5) is 5.69 Å². The molecule has 20 heavy (non-hydrogen) atoms. The summed E-state index contributed by atoms with van der Waals surface area (Å²) >= 11 is 6.68. The zero-order valence-electron chi connectivity index (χ0n) is 10.6. The van der Waals surface area contributed by atoms with Crippen molar-refractivity contribution < 1.29 is 9.66 Å². The molecule has 6 heteroatoms. The predicted octanol–water partition coefficient (Wildman–Crippen LogP) is 5.35. The van der Waals surface area contributed by atoms with E-state index in [0.29, 0.717) is 11.1 Å². The van der Waals surface area contributed by atoms with Gasteiger partial charge < -0.3 is 4.74 Å². The number of aryl methyl sites for hydroxylation is 1. The van der Waals surface area contributed by atoms with Crippen molar-refractivity contribution in [3.63, 3.8) is 0 Å². The smallest absolute Gasteiger partial charge is 0.311 e. The number of nitrogens with zero attached hydrogens (tertiary/aromatic N) is 1. The molecule has 2 aromatic rings. The van der Waals surface area contributed by atoms with Gasteiger partial charge in [0.2, 0.25) is 5.75 Å². The van der Waals surface area contributed by atoms with Gasteiger partial charge in [0.1, 0.15) is 5.75 Å². The van der Waals surface area contributed by atoms with Gasteiger partial charge >= 0.3 is 5.69 Å². The molecule has 0 radical (unpaired) electrons. The van der Waals surface area contributed by atoms with Gasteiger partial charge in [-0.25, -0.2) is 0 Å². The van der Waals surface area contributed by atoms with Crippen LogP contribution < -0.4 is 4.74 Å². The van der Waals surface area contributed by atoms with Crippen LogP contribution in [0.1, 0.15) is 11.1 Å². The first-order valence-electron chi connectivity index (χ1n) is 5.78. The largest absolute Gasteiger partial charge is 0.450 e. The number of hydrogen-bond acceptors (Lipinski definition) is 3. The highest BCUT2D eigenvalue weighted by Crippen LogP contribution is 2.33. The van der Waals surface area contributed by atoms with Crippen molar-refractivity contribution in [2.45, 2.75) is 12.3 Å². The second kappa shape index (κ2) is 6.37. The first-order valence-corrected chi connectivity index (χ1v) is 7.70. The predicted molar refractivity (Wildman–Crippen MR) is 84.7 cm³/mol. The lowest BCUT2D eigenvalue weighted by Gasteiger charge is -2.08. The first-order chi connectivity index (χ1) is 9.51. The summed E-state index contributed by atoms with van der Waals surface area (Å²) in [7, 11) is 0. The van der Waals surface area contributed by atoms with Crippen LogP contribution in [0, 0.1) is 17.0 Å². The molecule has 0 amide bonds. The van der Waals surface area contributed by atoms with Crippen molar-refractivity contribution in [2.24, 2.45) is 0 Å². The van der Waals surface area contributed by atoms with E-state index in [2.05, 4.69) is 31.9 Å². The summed E-state index contributed by atoms with van der Waals surface area (Å²) in [6.07, 6.45) is 0. The molecule has 0 fully saturated rings. The van der Waals surface area contributed by atoms with Gasteiger partial charge in [0.05, 0.1) is 4.92 Å². The van der Waals surface area contributed by atoms with E-state index < -0.39 is 4.92 Å². The number of nitro groups is 1. The van der Waals surface area contributed by atoms with E-state index in [1.54, 1.807) is 18.2 Å². The molecule has 2 rings (SSSR count). The topological polar surface area (TPSA) is 52.4 Å². The highest BCUT2D eigenvalue weighted by molar-refractivity contribution is 9.10. The van der Waals surface area contributed by atoms with Crippen molar-refractivity contribution in [2.75, 3.05) is 0 Å². The highest BCUT2D eigenvalue weighted by Gasteiger charge is 2.16. The third-order valence-electron chi connectivity index (χ3n) is 2.73. The summed E-state index contributed by atoms with van der Waals surface area (Å²) in [5.41, 5.74) is 1.79. The molecule has 0 aliphatic rings. The maximum Gasteiger partial charge on any atom is 0.311 e. The molecule has 0 aliphatic heterocycles. The molecule has 0 heterocycles. The van der Waals surface area contributed by atoms with Gasteiger partial charge in [0, 0.05) is 15.9 Å². The maximum atomic E-state index is 11.1. The van der Waals surface area contributed by atoms with Crippen LogP contribution in [0.15, 0.2) is 40.9 Å². The molecule has 0 N–H and O–H groups in total. The fourth-order valence-electron chi connectivity index (χ4n) is 1.68. The summed E-state index contributed by atoms with van der Waals surface area (Å²) in [5.74, 6) is 0.807. The van der Waals surface area contributed by atoms with E-state index in [0.717, 1.165) is 15.6 Å². The number of halogens is 2. The lowest BCUT2D eigenvalue weighted by molar-refractivity contribution is -0.385. The van der Waals surface area contributed by atoms with Crippen LogP contribution in [0.2, 0.25) is 0 Å². The molecule has 0 aliphatic carbocycles. The third kappa shape index (κ3) is 3.37. The molecule has 0 saturated heterocycles. The van der Waals surface area contributed by atoms with E-state index >= 15 is 0 Å². The standard InChI is InChI=1S/C14H11Br2NO3/c1-9-6-11(3-4-12(9)16)20-14-5-2-10(8-15)7-13(14)17(18)19/h2-7H,8H2,1H3. The zero-order chi connectivity index (χ0) is 14.7. The van der Waals surface area contributed by atoms with E-state index in [1.807, 2.05) is 19.1 Å². The van der Waals surface area contributed by atoms with Crippen LogP contribution >= 0.6 is 31.9 Å². The van der Waals surface area contributed by atoms with Gasteiger partial charge in [-0.2, -0.15) is 0 Å². The van der Waals surface area contributed by atoms with Crippen molar-refractivity contribution in [3.05, 3.63) is 62.1 Å². The van der Waals surface area contributed by atoms with Crippen LogP contribution in [-0.4, -0.2) is 4.92 Å². The van der Waals surface area contributed by atoms with Crippen LogP contribution in [-0.2, 0) is 5.33 Å². The van der Waals surface area contributed by atoms with Crippen LogP contribution in [0.3, 0.4) is 0 Å². The third-order valence-corrected chi connectivity index (χ3v) is 4.27. The molecule has 0 unspecified atom stereocenters. The fourth-order valence-corrected chi connectivity index (χ4v) is 2.28. The Balaban J connectivity index is 2.37. The lowest BCUT2D eigenvalue weighted by atomic mass is 10.2. The molecule has 0 aromatic heterocycles. The van der Waals surface area contributed by atoms with Crippen molar-refractivity contribution in [1.29, 1.82) is 0 Å². The van der Waals surface area contributed by atoms with Gasteiger partial charge in [0.25, 0.3) is 0 Å². The zero-order valence-corrected chi connectivity index (χ0v) is 13.8. The molecule has 0 atom stereocenters. The minimum atomic E-state index is -0.437. The second-order valence-electron chi connectivity index (χ2n) is 4.21. The number of hydrogen-bond donors (Lipinski definition) is 0. The number of rotatable bonds is 4. The average molecular weight is 401 g/mol. The number of alkyl halides is 1. The van der Waals surface area contributed by atoms with Gasteiger partial charge in [-0.05, 0) is 42.3 Å². The SMILES string of the molecule is Cc1cc(Oc2ccc(CBr)cc2[N+](=O)[O-])ccc1Br. The second-order valence-corrected chi connectivity index (χ2v) is 5.62. The maximum absolute atomic E-state index is 11.1. The quantitative estimate of drug-likeness (QED) is 0.394. The summed E-state index contributed by atoms with van der Waals surface area (Å²) in [5, 5.41) is 11.7. The Morgan fingerprint density at radius 3 is 2.60 bits per heavy atom. The minimum absolute atomic E-state index is 0.0393. The number of benzene rings is 2. The first kappa shape index (κ1) is 15.0.